The Labute approximate surface area is 268 Å². The molecule has 1 N–H and O–H groups in total. The summed E-state index contributed by atoms with van der Waals surface area (Å²) in [4.78, 5) is 16.2. The van der Waals surface area contributed by atoms with Gasteiger partial charge >= 0.3 is 0 Å². The highest BCUT2D eigenvalue weighted by Gasteiger charge is 2.45. The molecule has 0 radical (unpaired) electrons. The van der Waals surface area contributed by atoms with Crippen molar-refractivity contribution in [3.05, 3.63) is 70.0 Å². The van der Waals surface area contributed by atoms with Gasteiger partial charge in [0.15, 0.2) is 11.6 Å². The van der Waals surface area contributed by atoms with Gasteiger partial charge in [-0.1, -0.05) is 43.5 Å². The van der Waals surface area contributed by atoms with Crippen molar-refractivity contribution in [3.8, 4) is 5.75 Å². The molecule has 6 heterocycles. The minimum Gasteiger partial charge on any atom is -0.487 e. The zero-order valence-corrected chi connectivity index (χ0v) is 26.6. The van der Waals surface area contributed by atoms with Gasteiger partial charge in [-0.25, -0.2) is 13.2 Å². The molecule has 0 spiro atoms. The van der Waals surface area contributed by atoms with E-state index in [9.17, 15) is 4.79 Å². The van der Waals surface area contributed by atoms with Crippen LogP contribution in [0.15, 0.2) is 41.8 Å². The molecule has 0 unspecified atom stereocenters. The normalized spacial score (nSPS) is 24.8. The first-order chi connectivity index (χ1) is 22.3. The highest BCUT2D eigenvalue weighted by Crippen LogP contribution is 2.44. The number of hydrogen-bond donors (Lipinski definition) is 1. The van der Waals surface area contributed by atoms with Gasteiger partial charge in [0.2, 0.25) is 0 Å². The molecular formula is C35H44F3N5O3. The number of pyridine rings is 1. The highest BCUT2D eigenvalue weighted by atomic mass is 19.3. The maximum Gasteiger partial charge on any atom is 0.293 e. The van der Waals surface area contributed by atoms with Crippen LogP contribution in [-0.2, 0) is 10.7 Å². The molecule has 7 rings (SSSR count). The second-order valence-electron chi connectivity index (χ2n) is 12.9. The number of halogens is 3. The molecule has 0 amide bonds. The lowest BCUT2D eigenvalue weighted by atomic mass is 9.85. The summed E-state index contributed by atoms with van der Waals surface area (Å²) in [5.74, 6) is -4.72. The van der Waals surface area contributed by atoms with Crippen LogP contribution in [0, 0.1) is 18.7 Å². The fourth-order valence-corrected chi connectivity index (χ4v) is 7.19. The molecule has 8 bridgehead atoms. The van der Waals surface area contributed by atoms with Gasteiger partial charge in [-0.3, -0.25) is 4.79 Å². The number of aromatic nitrogens is 3. The van der Waals surface area contributed by atoms with E-state index in [1.807, 2.05) is 0 Å². The lowest BCUT2D eigenvalue weighted by Crippen LogP contribution is -2.40. The smallest absolute Gasteiger partial charge is 0.293 e. The van der Waals surface area contributed by atoms with Crippen LogP contribution in [0.2, 0.25) is 0 Å². The third-order valence-electron chi connectivity index (χ3n) is 9.91. The van der Waals surface area contributed by atoms with Crippen LogP contribution >= 0.6 is 0 Å². The summed E-state index contributed by atoms with van der Waals surface area (Å²) in [6, 6.07) is 3.17. The van der Waals surface area contributed by atoms with Gasteiger partial charge in [-0.2, -0.15) is 5.10 Å². The molecule has 2 fully saturated rings. The molecule has 248 valence electrons. The monoisotopic (exact) mass is 639 g/mol. The van der Waals surface area contributed by atoms with E-state index < -0.39 is 29.3 Å². The average Bonchev–Trinajstić information content (AvgIpc) is 3.06. The molecule has 46 heavy (non-hydrogen) atoms. The summed E-state index contributed by atoms with van der Waals surface area (Å²) in [5, 5.41) is 13.1. The second kappa shape index (κ2) is 14.1. The zero-order chi connectivity index (χ0) is 32.3. The number of rotatable bonds is 2. The average molecular weight is 640 g/mol. The first kappa shape index (κ1) is 32.5. The van der Waals surface area contributed by atoms with Crippen LogP contribution in [-0.4, -0.2) is 59.1 Å². The van der Waals surface area contributed by atoms with E-state index in [1.54, 1.807) is 17.7 Å². The minimum absolute atomic E-state index is 0.0384. The van der Waals surface area contributed by atoms with Gasteiger partial charge in [0.25, 0.3) is 11.5 Å². The number of nitrogens with zero attached hydrogens (tertiary/aromatic N) is 4. The molecule has 4 aliphatic heterocycles. The maximum absolute atomic E-state index is 16.2. The Morgan fingerprint density at radius 3 is 2.50 bits per heavy atom. The molecule has 0 saturated carbocycles. The van der Waals surface area contributed by atoms with E-state index in [1.165, 1.54) is 24.3 Å². The van der Waals surface area contributed by atoms with Crippen molar-refractivity contribution < 1.29 is 22.6 Å². The number of anilines is 1. The Balaban J connectivity index is 1.44. The van der Waals surface area contributed by atoms with Gasteiger partial charge in [0, 0.05) is 42.3 Å². The van der Waals surface area contributed by atoms with E-state index in [0.717, 1.165) is 38.6 Å². The molecule has 8 nitrogen and oxygen atoms in total. The van der Waals surface area contributed by atoms with Crippen LogP contribution in [0.1, 0.15) is 86.7 Å². The van der Waals surface area contributed by atoms with Gasteiger partial charge in [0.05, 0.1) is 29.3 Å². The number of alkyl halides is 2. The number of fused-ring (bicyclic) bond motifs is 10. The molecule has 1 atom stereocenters. The molecule has 4 aliphatic rings. The van der Waals surface area contributed by atoms with E-state index >= 15 is 13.2 Å². The van der Waals surface area contributed by atoms with Crippen LogP contribution in [0.25, 0.3) is 10.8 Å². The number of hydrogen-bond acceptors (Lipinski definition) is 7. The Morgan fingerprint density at radius 1 is 1.00 bits per heavy atom. The first-order valence-corrected chi connectivity index (χ1v) is 16.7. The van der Waals surface area contributed by atoms with Crippen LogP contribution in [0.4, 0.5) is 19.0 Å². The number of piperidine rings is 1. The minimum atomic E-state index is -3.32. The van der Waals surface area contributed by atoms with Crippen molar-refractivity contribution in [2.45, 2.75) is 82.7 Å². The predicted octanol–water partition coefficient (Wildman–Crippen LogP) is 7.08. The Morgan fingerprint density at radius 2 is 1.74 bits per heavy atom. The largest absolute Gasteiger partial charge is 0.487 e. The topological polar surface area (TPSA) is 81.5 Å². The second-order valence-corrected chi connectivity index (χ2v) is 12.9. The molecule has 1 aromatic carbocycles. The third kappa shape index (κ3) is 6.53. The quantitative estimate of drug-likeness (QED) is 0.300. The Bertz CT molecular complexity index is 1600. The summed E-state index contributed by atoms with van der Waals surface area (Å²) in [6.45, 7) is 9.17. The van der Waals surface area contributed by atoms with Crippen molar-refractivity contribution in [2.24, 2.45) is 5.92 Å². The number of aryl methyl sites for hydroxylation is 1. The molecule has 2 aromatic heterocycles. The standard InChI is InChI=1S/C35H44F3N5O3/c1-3-29-26-10-9-11-28(31(26)36)35(37,38)24-12-17-42(18-13-24)16-7-5-4-6-8-19-46-32-30-23(2)40-41-33(39-29)27(30)22-43(34(32)44)25-14-20-45-21-15-25/h3,9-11,22,24-25,29H,1,4-8,12-21H2,2H3,(H,39,41)/t29-/m1/s1. The number of nitrogens with one attached hydrogen (secondary N) is 1. The van der Waals surface area contributed by atoms with E-state index in [-0.39, 0.29) is 28.7 Å². The summed E-state index contributed by atoms with van der Waals surface area (Å²) >= 11 is 0. The van der Waals surface area contributed by atoms with Gasteiger partial charge < -0.3 is 24.3 Å². The molecular weight excluding hydrogens is 595 g/mol. The summed E-state index contributed by atoms with van der Waals surface area (Å²) in [6.07, 6.45) is 10.0. The van der Waals surface area contributed by atoms with Crippen LogP contribution in [0.3, 0.4) is 0 Å². The van der Waals surface area contributed by atoms with Crippen molar-refractivity contribution in [1.82, 2.24) is 19.7 Å². The van der Waals surface area contributed by atoms with Crippen molar-refractivity contribution >= 4 is 16.6 Å². The molecule has 11 heteroatoms. The highest BCUT2D eigenvalue weighted by molar-refractivity contribution is 5.96. The van der Waals surface area contributed by atoms with E-state index in [4.69, 9.17) is 9.47 Å². The van der Waals surface area contributed by atoms with Crippen molar-refractivity contribution in [3.63, 3.8) is 0 Å². The summed E-state index contributed by atoms with van der Waals surface area (Å²) in [7, 11) is 0. The van der Waals surface area contributed by atoms with Gasteiger partial charge in [0.1, 0.15) is 5.82 Å². The van der Waals surface area contributed by atoms with Crippen molar-refractivity contribution in [2.75, 3.05) is 44.8 Å². The molecule has 0 aliphatic carbocycles. The number of benzene rings is 1. The lowest BCUT2D eigenvalue weighted by molar-refractivity contribution is -0.0880. The van der Waals surface area contributed by atoms with Crippen molar-refractivity contribution in [1.29, 1.82) is 0 Å². The summed E-state index contributed by atoms with van der Waals surface area (Å²) in [5.41, 5.74) is -0.268. The lowest BCUT2D eigenvalue weighted by Gasteiger charge is -2.36. The van der Waals surface area contributed by atoms with Gasteiger partial charge in [-0.15, -0.1) is 11.7 Å². The van der Waals surface area contributed by atoms with Crippen LogP contribution < -0.4 is 15.6 Å². The zero-order valence-electron chi connectivity index (χ0n) is 26.6. The van der Waals surface area contributed by atoms with Crippen LogP contribution in [0.5, 0.6) is 5.75 Å². The fourth-order valence-electron chi connectivity index (χ4n) is 7.19. The third-order valence-corrected chi connectivity index (χ3v) is 9.91. The molecule has 3 aromatic rings. The number of ether oxygens (including phenoxy) is 2. The first-order valence-electron chi connectivity index (χ1n) is 16.7. The van der Waals surface area contributed by atoms with E-state index in [2.05, 4.69) is 27.0 Å². The summed E-state index contributed by atoms with van der Waals surface area (Å²) < 4.78 is 61.6. The Kier molecular flexibility index (Phi) is 9.98. The van der Waals surface area contributed by atoms with E-state index in [0.29, 0.717) is 75.1 Å². The SMILES string of the molecule is C=C[C@H]1Nc2nnc(C)c3c(c(=O)n(C4CCOCC4)cc23)OCCCCCCCN2CCC(CC2)C(F)(F)c2cccc1c2F. The predicted molar refractivity (Wildman–Crippen MR) is 172 cm³/mol. The maximum atomic E-state index is 16.2. The Hall–Kier alpha value is -3.44. The van der Waals surface area contributed by atoms with Gasteiger partial charge in [-0.05, 0) is 65.1 Å². The fraction of sp³-hybridized carbons (Fsp3) is 0.571. The molecule has 2 saturated heterocycles.